The minimum Gasteiger partial charge on any atom is -0.458 e. The summed E-state index contributed by atoms with van der Waals surface area (Å²) in [5.41, 5.74) is 4.03. The summed E-state index contributed by atoms with van der Waals surface area (Å²) in [6.45, 7) is 23.1. The molecule has 0 unspecified atom stereocenters. The van der Waals surface area contributed by atoms with E-state index in [2.05, 4.69) is 15.1 Å². The summed E-state index contributed by atoms with van der Waals surface area (Å²) in [4.78, 5) is 123. The third-order valence-corrected chi connectivity index (χ3v) is 15.7. The first-order valence-electron chi connectivity index (χ1n) is 31.1. The standard InChI is InChI=1S/C67H98N6O15/c1-43(2)36-54(68-11)64(78)87-58(40-49-20-24-52(25-21-49)72-28-32-82-33-29-72)61(75)70(13)55(37-44(3)4)65(79)85-47(9)60(74)69(12)57(39-46(7)8)67(81)88-59(41-50-22-26-53(27-23-50)73-30-34-83-35-31-73)62(76)71(14)56(38-45(5)6)66(80)86-48(10)63(77)84-42-51-18-16-15-17-19-51/h15-27,43-48,54-59,68H,28-42H2,1-14H3/t47-,48-,54+,55+,56-,57+,58-,59-/m1/s1. The number of benzene rings is 3. The molecule has 2 aliphatic rings. The second kappa shape index (κ2) is 35.2. The number of carbonyl (C=O) groups is 8. The summed E-state index contributed by atoms with van der Waals surface area (Å²) in [5, 5.41) is 3.01. The second-order valence-corrected chi connectivity index (χ2v) is 24.8. The molecule has 0 saturated carbocycles. The summed E-state index contributed by atoms with van der Waals surface area (Å²) < 4.78 is 40.4. The van der Waals surface area contributed by atoms with Gasteiger partial charge in [0.15, 0.2) is 24.4 Å². The van der Waals surface area contributed by atoms with Crippen molar-refractivity contribution in [1.82, 2.24) is 20.0 Å². The molecule has 3 aromatic carbocycles. The molecule has 0 aromatic heterocycles. The Kier molecular flexibility index (Phi) is 28.6. The number of nitrogens with one attached hydrogen (secondary N) is 1. The van der Waals surface area contributed by atoms with Crippen LogP contribution >= 0.6 is 0 Å². The molecule has 0 aliphatic carbocycles. The highest BCUT2D eigenvalue weighted by Crippen LogP contribution is 2.26. The van der Waals surface area contributed by atoms with Crippen molar-refractivity contribution in [2.45, 2.75) is 163 Å². The Bertz CT molecular complexity index is 2710. The van der Waals surface area contributed by atoms with Gasteiger partial charge in [0, 0.05) is 71.5 Å². The largest absolute Gasteiger partial charge is 0.458 e. The minimum atomic E-state index is -1.53. The Labute approximate surface area is 521 Å². The SMILES string of the molecule is CN[C@@H](CC(C)C)C(=O)O[C@H](Cc1ccc(N2CCOCC2)cc1)C(=O)N(C)[C@@H](CC(C)C)C(=O)O[C@H](C)C(=O)N(C)[C@@H](CC(C)C)C(=O)O[C@H](Cc1ccc(N2CCOCC2)cc1)C(=O)N(C)[C@H](CC(C)C)C(=O)O[C@H](C)C(=O)OCc1ccccc1. The molecule has 2 saturated heterocycles. The molecule has 21 nitrogen and oxygen atoms in total. The van der Waals surface area contributed by atoms with Crippen LogP contribution in [0.1, 0.15) is 112 Å². The number of amides is 3. The average Bonchev–Trinajstić information content (AvgIpc) is 2.79. The maximum absolute atomic E-state index is 15.0. The lowest BCUT2D eigenvalue weighted by molar-refractivity contribution is -0.175. The zero-order valence-corrected chi connectivity index (χ0v) is 54.4. The highest BCUT2D eigenvalue weighted by Gasteiger charge is 2.42. The molecule has 5 rings (SSSR count). The number of esters is 5. The van der Waals surface area contributed by atoms with E-state index in [1.165, 1.54) is 44.8 Å². The summed E-state index contributed by atoms with van der Waals surface area (Å²) in [6.07, 6.45) is -5.02. The predicted octanol–water partition coefficient (Wildman–Crippen LogP) is 6.83. The van der Waals surface area contributed by atoms with Crippen LogP contribution in [0.15, 0.2) is 78.9 Å². The molecule has 1 N–H and O–H groups in total. The maximum atomic E-state index is 15.0. The summed E-state index contributed by atoms with van der Waals surface area (Å²) in [6, 6.07) is 19.7. The molecule has 0 bridgehead atoms. The van der Waals surface area contributed by atoms with E-state index in [-0.39, 0.29) is 62.4 Å². The Morgan fingerprint density at radius 2 is 0.807 bits per heavy atom. The summed E-state index contributed by atoms with van der Waals surface area (Å²) >= 11 is 0. The second-order valence-electron chi connectivity index (χ2n) is 24.8. The van der Waals surface area contributed by atoms with Gasteiger partial charge < -0.3 is 63.0 Å². The van der Waals surface area contributed by atoms with E-state index in [1.807, 2.05) is 122 Å². The minimum absolute atomic E-state index is 0.00902. The van der Waals surface area contributed by atoms with Gasteiger partial charge in [-0.1, -0.05) is 110 Å². The third kappa shape index (κ3) is 21.9. The molecule has 8 atom stereocenters. The number of carbonyl (C=O) groups excluding carboxylic acids is 8. The summed E-state index contributed by atoms with van der Waals surface area (Å²) in [5.74, 6) is -6.58. The molecule has 0 radical (unpaired) electrons. The first-order chi connectivity index (χ1) is 41.8. The van der Waals surface area contributed by atoms with Crippen molar-refractivity contribution in [3.05, 3.63) is 95.6 Å². The van der Waals surface area contributed by atoms with E-state index < -0.39 is 96.2 Å². The Morgan fingerprint density at radius 3 is 1.19 bits per heavy atom. The summed E-state index contributed by atoms with van der Waals surface area (Å²) in [7, 11) is 5.90. The van der Waals surface area contributed by atoms with Gasteiger partial charge in [-0.2, -0.15) is 0 Å². The zero-order valence-electron chi connectivity index (χ0n) is 54.4. The number of rotatable bonds is 32. The van der Waals surface area contributed by atoms with Crippen LogP contribution in [-0.2, 0) is 91.0 Å². The molecule has 2 aliphatic heterocycles. The molecular weight excluding hydrogens is 1130 g/mol. The van der Waals surface area contributed by atoms with E-state index in [0.717, 1.165) is 40.5 Å². The van der Waals surface area contributed by atoms with Crippen LogP contribution in [0.3, 0.4) is 0 Å². The van der Waals surface area contributed by atoms with Crippen LogP contribution in [0.5, 0.6) is 0 Å². The zero-order chi connectivity index (χ0) is 64.8. The van der Waals surface area contributed by atoms with Crippen molar-refractivity contribution >= 4 is 58.9 Å². The number of ether oxygens (including phenoxy) is 7. The van der Waals surface area contributed by atoms with Gasteiger partial charge in [0.05, 0.1) is 26.4 Å². The van der Waals surface area contributed by atoms with Crippen LogP contribution in [0.4, 0.5) is 11.4 Å². The fraction of sp³-hybridized carbons (Fsp3) is 0.612. The van der Waals surface area contributed by atoms with Crippen molar-refractivity contribution < 1.29 is 71.5 Å². The van der Waals surface area contributed by atoms with Crippen molar-refractivity contribution in [1.29, 1.82) is 0 Å². The molecular formula is C67H98N6O15. The Morgan fingerprint density at radius 1 is 0.443 bits per heavy atom. The Hall–Kier alpha value is -7.10. The lowest BCUT2D eigenvalue weighted by Crippen LogP contribution is -2.53. The highest BCUT2D eigenvalue weighted by atomic mass is 16.6. The number of nitrogens with zero attached hydrogens (tertiary/aromatic N) is 5. The van der Waals surface area contributed by atoms with Crippen LogP contribution < -0.4 is 15.1 Å². The van der Waals surface area contributed by atoms with Gasteiger partial charge in [-0.05, 0) is 111 Å². The first kappa shape index (κ1) is 71.7. The van der Waals surface area contributed by atoms with Crippen molar-refractivity contribution in [2.75, 3.05) is 90.6 Å². The topological polar surface area (TPSA) is 229 Å². The molecule has 0 spiro atoms. The van der Waals surface area contributed by atoms with E-state index in [4.69, 9.17) is 33.2 Å². The number of likely N-dealkylation sites (N-methyl/N-ethyl adjacent to an activating group) is 4. The van der Waals surface area contributed by atoms with Crippen LogP contribution in [0.25, 0.3) is 0 Å². The normalized spacial score (nSPS) is 16.3. The molecule has 486 valence electrons. The molecule has 3 amide bonds. The van der Waals surface area contributed by atoms with Crippen molar-refractivity contribution in [3.63, 3.8) is 0 Å². The fourth-order valence-electron chi connectivity index (χ4n) is 10.6. The van der Waals surface area contributed by atoms with Gasteiger partial charge in [0.2, 0.25) is 0 Å². The van der Waals surface area contributed by atoms with Crippen molar-refractivity contribution in [2.24, 2.45) is 23.7 Å². The van der Waals surface area contributed by atoms with Crippen LogP contribution in [-0.4, -0.2) is 192 Å². The van der Waals surface area contributed by atoms with E-state index in [1.54, 1.807) is 19.2 Å². The van der Waals surface area contributed by atoms with Crippen molar-refractivity contribution in [3.8, 4) is 0 Å². The predicted molar refractivity (Wildman–Crippen MR) is 334 cm³/mol. The monoisotopic (exact) mass is 1230 g/mol. The molecule has 3 aromatic rings. The van der Waals surface area contributed by atoms with Gasteiger partial charge in [-0.25, -0.2) is 19.2 Å². The fourth-order valence-corrected chi connectivity index (χ4v) is 10.6. The van der Waals surface area contributed by atoms with Gasteiger partial charge >= 0.3 is 29.8 Å². The van der Waals surface area contributed by atoms with E-state index in [0.29, 0.717) is 51.5 Å². The van der Waals surface area contributed by atoms with E-state index in [9.17, 15) is 38.4 Å². The molecule has 88 heavy (non-hydrogen) atoms. The molecule has 2 fully saturated rings. The first-order valence-corrected chi connectivity index (χ1v) is 31.1. The van der Waals surface area contributed by atoms with Gasteiger partial charge in [0.1, 0.15) is 30.8 Å². The van der Waals surface area contributed by atoms with Gasteiger partial charge in [0.25, 0.3) is 17.7 Å². The smallest absolute Gasteiger partial charge is 0.347 e. The molecule has 21 heteroatoms. The Balaban J connectivity index is 1.38. The number of hydrogen-bond acceptors (Lipinski definition) is 18. The number of anilines is 2. The van der Waals surface area contributed by atoms with E-state index >= 15 is 0 Å². The van der Waals surface area contributed by atoms with Gasteiger partial charge in [-0.15, -0.1) is 0 Å². The van der Waals surface area contributed by atoms with Crippen LogP contribution in [0.2, 0.25) is 0 Å². The quantitative estimate of drug-likeness (QED) is 0.0499. The molecule has 2 heterocycles. The number of hydrogen-bond donors (Lipinski definition) is 1. The highest BCUT2D eigenvalue weighted by molar-refractivity contribution is 5.93. The maximum Gasteiger partial charge on any atom is 0.347 e. The number of morpholine rings is 2. The average molecular weight is 1230 g/mol. The van der Waals surface area contributed by atoms with Gasteiger partial charge in [-0.3, -0.25) is 19.2 Å². The lowest BCUT2D eigenvalue weighted by atomic mass is 10.00. The van der Waals surface area contributed by atoms with Crippen LogP contribution in [0, 0.1) is 23.7 Å². The third-order valence-electron chi connectivity index (χ3n) is 15.7. The lowest BCUT2D eigenvalue weighted by Gasteiger charge is -2.34.